The number of ether oxygens (including phenoxy) is 7. The third-order valence-corrected chi connectivity index (χ3v) is 13.0. The monoisotopic (exact) mass is 941 g/mol. The highest BCUT2D eigenvalue weighted by molar-refractivity contribution is 6.13. The molecular weight excluding hydrogens is 883 g/mol. The van der Waals surface area contributed by atoms with E-state index < -0.39 is 5.97 Å². The number of fused-ring (bicyclic) bond motifs is 8. The second-order valence-electron chi connectivity index (χ2n) is 17.5. The molecule has 16 heteroatoms. The van der Waals surface area contributed by atoms with Crippen molar-refractivity contribution in [3.05, 3.63) is 124 Å². The number of hydrogen-bond donors (Lipinski definition) is 3. The number of nitrogens with one attached hydrogen (secondary N) is 2. The molecule has 2 atom stereocenters. The summed E-state index contributed by atoms with van der Waals surface area (Å²) in [6.45, 7) is 4.47. The maximum absolute atomic E-state index is 14.1. The molecule has 69 heavy (non-hydrogen) atoms. The third-order valence-electron chi connectivity index (χ3n) is 13.0. The predicted molar refractivity (Wildman–Crippen MR) is 262 cm³/mol. The lowest BCUT2D eigenvalue weighted by Gasteiger charge is -2.26. The molecule has 16 nitrogen and oxygen atoms in total. The van der Waals surface area contributed by atoms with Crippen molar-refractivity contribution in [2.75, 3.05) is 106 Å². The summed E-state index contributed by atoms with van der Waals surface area (Å²) in [5.74, 6) is 0.683. The number of rotatable bonds is 22. The van der Waals surface area contributed by atoms with E-state index in [2.05, 4.69) is 27.7 Å². The average Bonchev–Trinajstić information content (AvgIpc) is 3.85. The SMILES string of the molecule is COCCOCCOCCN(CCCC(=O)O)c1cc(COc2cc3c(cc2OC)C(=O)N2c4ccccc4C[C@H]2CN3)cc(COc2cc3c(cc2OC)C(=O)N2c4ccccc4C[C@H]2CN3)c1. The van der Waals surface area contributed by atoms with Gasteiger partial charge in [-0.05, 0) is 84.0 Å². The van der Waals surface area contributed by atoms with Crippen LogP contribution < -0.4 is 44.3 Å². The fourth-order valence-electron chi connectivity index (χ4n) is 9.67. The Labute approximate surface area is 401 Å². The molecule has 0 saturated heterocycles. The molecule has 9 rings (SSSR count). The molecule has 4 heterocycles. The van der Waals surface area contributed by atoms with Crippen molar-refractivity contribution in [1.29, 1.82) is 0 Å². The fourth-order valence-corrected chi connectivity index (χ4v) is 9.67. The van der Waals surface area contributed by atoms with E-state index in [-0.39, 0.29) is 43.5 Å². The molecule has 4 aliphatic heterocycles. The Morgan fingerprint density at radius 3 is 1.65 bits per heavy atom. The number of para-hydroxylation sites is 2. The molecule has 0 fully saturated rings. The van der Waals surface area contributed by atoms with Crippen LogP contribution in [0.4, 0.5) is 28.4 Å². The predicted octanol–water partition coefficient (Wildman–Crippen LogP) is 7.21. The number of aliphatic carboxylic acids is 1. The first-order chi connectivity index (χ1) is 33.7. The van der Waals surface area contributed by atoms with Gasteiger partial charge >= 0.3 is 5.97 Å². The highest BCUT2D eigenvalue weighted by Gasteiger charge is 2.39. The Kier molecular flexibility index (Phi) is 14.7. The van der Waals surface area contributed by atoms with Crippen molar-refractivity contribution in [3.63, 3.8) is 0 Å². The van der Waals surface area contributed by atoms with Crippen LogP contribution in [0.25, 0.3) is 0 Å². The van der Waals surface area contributed by atoms with Crippen molar-refractivity contribution in [3.8, 4) is 23.0 Å². The Hall–Kier alpha value is -7.01. The molecule has 0 aliphatic carbocycles. The zero-order chi connectivity index (χ0) is 47.9. The first-order valence-corrected chi connectivity index (χ1v) is 23.5. The summed E-state index contributed by atoms with van der Waals surface area (Å²) in [7, 11) is 4.74. The van der Waals surface area contributed by atoms with Gasteiger partial charge in [0.05, 0.1) is 81.8 Å². The molecular formula is C53H59N5O11. The van der Waals surface area contributed by atoms with Crippen LogP contribution in [0.5, 0.6) is 23.0 Å². The van der Waals surface area contributed by atoms with Gasteiger partial charge in [0.15, 0.2) is 23.0 Å². The number of hydrogen-bond acceptors (Lipinski definition) is 13. The largest absolute Gasteiger partial charge is 0.493 e. The smallest absolute Gasteiger partial charge is 0.303 e. The molecule has 0 radical (unpaired) electrons. The molecule has 3 N–H and O–H groups in total. The minimum Gasteiger partial charge on any atom is -0.493 e. The number of anilines is 5. The van der Waals surface area contributed by atoms with Crippen LogP contribution in [0.2, 0.25) is 0 Å². The standard InChI is InChI=1S/C53H59N5O11/c1-63-17-18-67-20-19-66-16-15-56(14-8-13-51(59)60)38-22-34(32-68-49-28-43-41(26-47(49)64-2)52(61)57-39(30-54-43)24-36-9-4-6-11-45(36)57)21-35(23-38)33-69-50-29-44-42(27-48(50)65-3)53(62)58-40(31-55-44)25-37-10-5-7-12-46(37)58/h4-7,9-12,21-23,26-29,39-40,54-55H,8,13-20,24-25,30-33H2,1-3H3,(H,59,60)/t39-,40-/m0/s1. The Morgan fingerprint density at radius 2 is 1.14 bits per heavy atom. The minimum atomic E-state index is -0.872. The van der Waals surface area contributed by atoms with Gasteiger partial charge in [0.1, 0.15) is 13.2 Å². The van der Waals surface area contributed by atoms with E-state index >= 15 is 0 Å². The van der Waals surface area contributed by atoms with Crippen molar-refractivity contribution >= 4 is 46.2 Å². The number of carboxylic acid groups (broad SMARTS) is 1. The summed E-state index contributed by atoms with van der Waals surface area (Å²) < 4.78 is 41.4. The van der Waals surface area contributed by atoms with Crippen LogP contribution >= 0.6 is 0 Å². The first-order valence-electron chi connectivity index (χ1n) is 23.5. The quantitative estimate of drug-likeness (QED) is 0.0596. The molecule has 0 spiro atoms. The topological polar surface area (TPSA) is 170 Å². The molecule has 0 aromatic heterocycles. The van der Waals surface area contributed by atoms with Crippen molar-refractivity contribution in [2.24, 2.45) is 0 Å². The number of carboxylic acids is 1. The van der Waals surface area contributed by atoms with Gasteiger partial charge in [-0.3, -0.25) is 14.4 Å². The molecule has 4 aliphatic rings. The van der Waals surface area contributed by atoms with Gasteiger partial charge in [-0.1, -0.05) is 36.4 Å². The summed E-state index contributed by atoms with van der Waals surface area (Å²) in [6.07, 6.45) is 1.94. The van der Waals surface area contributed by atoms with E-state index in [0.29, 0.717) is 111 Å². The fraction of sp³-hybridized carbons (Fsp3) is 0.377. The highest BCUT2D eigenvalue weighted by atomic mass is 16.5. The van der Waals surface area contributed by atoms with Crippen LogP contribution in [0.3, 0.4) is 0 Å². The second kappa shape index (κ2) is 21.5. The number of carbonyl (C=O) groups excluding carboxylic acids is 2. The van der Waals surface area contributed by atoms with Gasteiger partial charge in [0.2, 0.25) is 0 Å². The van der Waals surface area contributed by atoms with E-state index in [0.717, 1.165) is 52.2 Å². The molecule has 2 amide bonds. The summed E-state index contributed by atoms with van der Waals surface area (Å²) >= 11 is 0. The van der Waals surface area contributed by atoms with Gasteiger partial charge in [0, 0.05) is 68.9 Å². The lowest BCUT2D eigenvalue weighted by molar-refractivity contribution is -0.137. The minimum absolute atomic E-state index is 0.00280. The van der Waals surface area contributed by atoms with Crippen LogP contribution in [-0.2, 0) is 45.1 Å². The van der Waals surface area contributed by atoms with E-state index in [9.17, 15) is 19.5 Å². The van der Waals surface area contributed by atoms with Crippen LogP contribution in [0, 0.1) is 0 Å². The lowest BCUT2D eigenvalue weighted by atomic mass is 10.1. The first kappa shape index (κ1) is 47.1. The summed E-state index contributed by atoms with van der Waals surface area (Å²) in [4.78, 5) is 45.8. The zero-order valence-electron chi connectivity index (χ0n) is 39.3. The van der Waals surface area contributed by atoms with Gasteiger partial charge in [-0.15, -0.1) is 0 Å². The molecule has 362 valence electrons. The van der Waals surface area contributed by atoms with Gasteiger partial charge in [-0.25, -0.2) is 0 Å². The van der Waals surface area contributed by atoms with E-state index in [1.807, 2.05) is 76.5 Å². The van der Waals surface area contributed by atoms with Gasteiger partial charge in [-0.2, -0.15) is 0 Å². The number of amides is 2. The summed E-state index contributed by atoms with van der Waals surface area (Å²) in [6, 6.07) is 29.2. The normalized spacial score (nSPS) is 16.4. The van der Waals surface area contributed by atoms with Crippen LogP contribution in [-0.4, -0.2) is 116 Å². The summed E-state index contributed by atoms with van der Waals surface area (Å²) in [5.41, 5.74) is 8.91. The zero-order valence-corrected chi connectivity index (χ0v) is 39.3. The molecule has 5 aromatic carbocycles. The van der Waals surface area contributed by atoms with Crippen molar-refractivity contribution in [2.45, 2.75) is 51.0 Å². The highest BCUT2D eigenvalue weighted by Crippen LogP contribution is 2.43. The van der Waals surface area contributed by atoms with Crippen LogP contribution in [0.15, 0.2) is 91.0 Å². The van der Waals surface area contributed by atoms with Crippen molar-refractivity contribution < 1.29 is 52.6 Å². The number of methoxy groups -OCH3 is 3. The maximum Gasteiger partial charge on any atom is 0.303 e. The van der Waals surface area contributed by atoms with Gasteiger partial charge in [0.25, 0.3) is 11.8 Å². The molecule has 0 unspecified atom stereocenters. The number of nitrogens with zero attached hydrogens (tertiary/aromatic N) is 3. The van der Waals surface area contributed by atoms with E-state index in [1.165, 1.54) is 0 Å². The van der Waals surface area contributed by atoms with E-state index in [1.54, 1.807) is 33.5 Å². The second-order valence-corrected chi connectivity index (χ2v) is 17.5. The average molecular weight is 942 g/mol. The summed E-state index contributed by atoms with van der Waals surface area (Å²) in [5, 5.41) is 16.6. The Bertz CT molecular complexity index is 2520. The molecule has 0 saturated carbocycles. The Morgan fingerprint density at radius 1 is 0.638 bits per heavy atom. The molecule has 5 aromatic rings. The Balaban J connectivity index is 0.980. The number of carbonyl (C=O) groups is 3. The lowest BCUT2D eigenvalue weighted by Crippen LogP contribution is -2.39. The van der Waals surface area contributed by atoms with E-state index in [4.69, 9.17) is 33.2 Å². The van der Waals surface area contributed by atoms with Crippen molar-refractivity contribution in [1.82, 2.24) is 0 Å². The van der Waals surface area contributed by atoms with Gasteiger partial charge < -0.3 is 63.6 Å². The maximum atomic E-state index is 14.1. The third kappa shape index (κ3) is 10.4. The van der Waals surface area contributed by atoms with Crippen LogP contribution in [0.1, 0.15) is 55.8 Å². The molecule has 0 bridgehead atoms. The number of benzene rings is 5.